The van der Waals surface area contributed by atoms with Gasteiger partial charge < -0.3 is 19.9 Å². The number of nitrogens with zero attached hydrogens (tertiary/aromatic N) is 3. The molecule has 0 spiro atoms. The van der Waals surface area contributed by atoms with Crippen molar-refractivity contribution >= 4 is 5.95 Å². The Hall–Kier alpha value is -1.14. The lowest BCUT2D eigenvalue weighted by atomic mass is 9.98. The van der Waals surface area contributed by atoms with Gasteiger partial charge in [-0.05, 0) is 18.5 Å². The molecule has 0 saturated carbocycles. The Bertz CT molecular complexity index is 358. The molecule has 1 aromatic rings. The summed E-state index contributed by atoms with van der Waals surface area (Å²) in [4.78, 5) is 6.45. The molecule has 2 N–H and O–H groups in total. The summed E-state index contributed by atoms with van der Waals surface area (Å²) in [6.07, 6.45) is 1.82. The van der Waals surface area contributed by atoms with Crippen LogP contribution in [0.5, 0.6) is 0 Å². The predicted molar refractivity (Wildman–Crippen MR) is 63.8 cm³/mol. The number of nitrogens with two attached hydrogens (primary N) is 1. The average molecular weight is 240 g/mol. The van der Waals surface area contributed by atoms with E-state index in [1.165, 1.54) is 0 Å². The zero-order chi connectivity index (χ0) is 12.3. The van der Waals surface area contributed by atoms with Crippen LogP contribution in [0.15, 0.2) is 4.52 Å². The van der Waals surface area contributed by atoms with Crippen LogP contribution in [0, 0.1) is 0 Å². The van der Waals surface area contributed by atoms with Gasteiger partial charge in [0, 0.05) is 13.1 Å². The van der Waals surface area contributed by atoms with E-state index < -0.39 is 5.54 Å². The van der Waals surface area contributed by atoms with Crippen LogP contribution in [0.3, 0.4) is 0 Å². The van der Waals surface area contributed by atoms with E-state index in [-0.39, 0.29) is 0 Å². The standard InChI is InChI=1S/C11H20N4O2/c1-3-4-11(2,12)9-13-10(14-17-9)15-5-7-16-8-6-15/h3-8,12H2,1-2H3. The van der Waals surface area contributed by atoms with E-state index in [4.69, 9.17) is 15.0 Å². The van der Waals surface area contributed by atoms with Gasteiger partial charge in [0.05, 0.1) is 18.8 Å². The van der Waals surface area contributed by atoms with Crippen LogP contribution < -0.4 is 10.6 Å². The summed E-state index contributed by atoms with van der Waals surface area (Å²) in [6.45, 7) is 7.02. The minimum atomic E-state index is -0.535. The third-order valence-electron chi connectivity index (χ3n) is 2.97. The Morgan fingerprint density at radius 1 is 1.41 bits per heavy atom. The molecule has 0 aliphatic carbocycles. The first-order valence-electron chi connectivity index (χ1n) is 6.09. The highest BCUT2D eigenvalue weighted by Gasteiger charge is 2.28. The van der Waals surface area contributed by atoms with Crippen molar-refractivity contribution in [1.82, 2.24) is 10.1 Å². The number of rotatable bonds is 4. The van der Waals surface area contributed by atoms with Gasteiger partial charge in [0.25, 0.3) is 5.95 Å². The van der Waals surface area contributed by atoms with Gasteiger partial charge in [-0.1, -0.05) is 13.3 Å². The van der Waals surface area contributed by atoms with Crippen molar-refractivity contribution in [2.75, 3.05) is 31.2 Å². The lowest BCUT2D eigenvalue weighted by molar-refractivity contribution is 0.121. The summed E-state index contributed by atoms with van der Waals surface area (Å²) >= 11 is 0. The number of hydrogen-bond acceptors (Lipinski definition) is 6. The van der Waals surface area contributed by atoms with Gasteiger partial charge in [0.15, 0.2) is 0 Å². The maximum absolute atomic E-state index is 6.15. The van der Waals surface area contributed by atoms with Crippen molar-refractivity contribution < 1.29 is 9.26 Å². The van der Waals surface area contributed by atoms with Gasteiger partial charge in [-0.2, -0.15) is 4.98 Å². The molecule has 6 heteroatoms. The SMILES string of the molecule is CCCC(C)(N)c1nc(N2CCOCC2)no1. The molecule has 2 rings (SSSR count). The smallest absolute Gasteiger partial charge is 0.266 e. The maximum atomic E-state index is 6.15. The van der Waals surface area contributed by atoms with Gasteiger partial charge in [0.1, 0.15) is 0 Å². The van der Waals surface area contributed by atoms with Gasteiger partial charge in [0.2, 0.25) is 5.89 Å². The third-order valence-corrected chi connectivity index (χ3v) is 2.97. The van der Waals surface area contributed by atoms with Crippen LogP contribution in [0.25, 0.3) is 0 Å². The Kier molecular flexibility index (Phi) is 3.63. The van der Waals surface area contributed by atoms with Crippen molar-refractivity contribution in [2.45, 2.75) is 32.2 Å². The molecular weight excluding hydrogens is 220 g/mol. The average Bonchev–Trinajstić information content (AvgIpc) is 2.80. The fourth-order valence-electron chi connectivity index (χ4n) is 1.97. The van der Waals surface area contributed by atoms with E-state index in [2.05, 4.69) is 22.0 Å². The van der Waals surface area contributed by atoms with Gasteiger partial charge in [-0.25, -0.2) is 0 Å². The number of aromatic nitrogens is 2. The molecule has 0 aromatic carbocycles. The first kappa shape index (κ1) is 12.3. The van der Waals surface area contributed by atoms with Crippen molar-refractivity contribution in [2.24, 2.45) is 5.73 Å². The molecule has 1 aliphatic rings. The summed E-state index contributed by atoms with van der Waals surface area (Å²) in [7, 11) is 0. The Balaban J connectivity index is 2.09. The molecule has 96 valence electrons. The van der Waals surface area contributed by atoms with Crippen LogP contribution >= 0.6 is 0 Å². The Morgan fingerprint density at radius 2 is 2.12 bits per heavy atom. The molecule has 1 unspecified atom stereocenters. The van der Waals surface area contributed by atoms with Crippen LogP contribution in [-0.4, -0.2) is 36.4 Å². The van der Waals surface area contributed by atoms with Crippen LogP contribution in [0.2, 0.25) is 0 Å². The fourth-order valence-corrected chi connectivity index (χ4v) is 1.97. The van der Waals surface area contributed by atoms with Gasteiger partial charge in [-0.15, -0.1) is 0 Å². The minimum Gasteiger partial charge on any atom is -0.378 e. The molecule has 0 bridgehead atoms. The van der Waals surface area contributed by atoms with E-state index in [0.29, 0.717) is 25.1 Å². The molecule has 0 radical (unpaired) electrons. The second-order valence-electron chi connectivity index (χ2n) is 4.67. The van der Waals surface area contributed by atoms with Gasteiger partial charge >= 0.3 is 0 Å². The van der Waals surface area contributed by atoms with E-state index in [1.807, 2.05) is 6.92 Å². The molecule has 1 aliphatic heterocycles. The highest BCUT2D eigenvalue weighted by Crippen LogP contribution is 2.23. The highest BCUT2D eigenvalue weighted by molar-refractivity contribution is 5.28. The number of morpholine rings is 1. The summed E-state index contributed by atoms with van der Waals surface area (Å²) in [6, 6.07) is 0. The fraction of sp³-hybridized carbons (Fsp3) is 0.818. The quantitative estimate of drug-likeness (QED) is 0.841. The van der Waals surface area contributed by atoms with E-state index >= 15 is 0 Å². The minimum absolute atomic E-state index is 0.515. The molecular formula is C11H20N4O2. The van der Waals surface area contributed by atoms with Crippen LogP contribution in [0.1, 0.15) is 32.6 Å². The van der Waals surface area contributed by atoms with Crippen LogP contribution in [-0.2, 0) is 10.3 Å². The molecule has 1 aromatic heterocycles. The lowest BCUT2D eigenvalue weighted by Gasteiger charge is -2.25. The van der Waals surface area contributed by atoms with Crippen molar-refractivity contribution in [1.29, 1.82) is 0 Å². The molecule has 6 nitrogen and oxygen atoms in total. The normalized spacial score (nSPS) is 20.3. The largest absolute Gasteiger partial charge is 0.378 e. The maximum Gasteiger partial charge on any atom is 0.266 e. The highest BCUT2D eigenvalue weighted by atomic mass is 16.5. The summed E-state index contributed by atoms with van der Waals surface area (Å²) in [5.74, 6) is 1.14. The zero-order valence-corrected chi connectivity index (χ0v) is 10.5. The summed E-state index contributed by atoms with van der Waals surface area (Å²) < 4.78 is 10.5. The van der Waals surface area contributed by atoms with Crippen molar-refractivity contribution in [3.8, 4) is 0 Å². The molecule has 1 atom stereocenters. The molecule has 1 fully saturated rings. The molecule has 1 saturated heterocycles. The summed E-state index contributed by atoms with van der Waals surface area (Å²) in [5.41, 5.74) is 5.62. The number of hydrogen-bond donors (Lipinski definition) is 1. The Labute approximate surface area is 101 Å². The second kappa shape index (κ2) is 5.01. The molecule has 2 heterocycles. The van der Waals surface area contributed by atoms with Crippen molar-refractivity contribution in [3.63, 3.8) is 0 Å². The molecule has 0 amide bonds. The van der Waals surface area contributed by atoms with E-state index in [0.717, 1.165) is 25.9 Å². The number of ether oxygens (including phenoxy) is 1. The molecule has 17 heavy (non-hydrogen) atoms. The lowest BCUT2D eigenvalue weighted by Crippen LogP contribution is -2.37. The monoisotopic (exact) mass is 240 g/mol. The second-order valence-corrected chi connectivity index (χ2v) is 4.67. The predicted octanol–water partition coefficient (Wildman–Crippen LogP) is 0.880. The van der Waals surface area contributed by atoms with E-state index in [9.17, 15) is 0 Å². The number of anilines is 1. The third kappa shape index (κ3) is 2.76. The van der Waals surface area contributed by atoms with Crippen molar-refractivity contribution in [3.05, 3.63) is 5.89 Å². The van der Waals surface area contributed by atoms with E-state index in [1.54, 1.807) is 0 Å². The summed E-state index contributed by atoms with van der Waals surface area (Å²) in [5, 5.41) is 3.99. The van der Waals surface area contributed by atoms with Gasteiger partial charge in [-0.3, -0.25) is 0 Å². The topological polar surface area (TPSA) is 77.4 Å². The first-order chi connectivity index (χ1) is 8.13. The first-order valence-corrected chi connectivity index (χ1v) is 6.09. The van der Waals surface area contributed by atoms with Crippen LogP contribution in [0.4, 0.5) is 5.95 Å². The Morgan fingerprint density at radius 3 is 2.76 bits per heavy atom. The zero-order valence-electron chi connectivity index (χ0n) is 10.5.